The highest BCUT2D eigenvalue weighted by atomic mass is 16.2. The van der Waals surface area contributed by atoms with Crippen LogP contribution in [0.2, 0.25) is 0 Å². The van der Waals surface area contributed by atoms with Gasteiger partial charge in [-0.25, -0.2) is 0 Å². The number of rotatable bonds is 4. The molecule has 1 amide bonds. The summed E-state index contributed by atoms with van der Waals surface area (Å²) in [7, 11) is 0. The summed E-state index contributed by atoms with van der Waals surface area (Å²) in [4.78, 5) is 14.8. The van der Waals surface area contributed by atoms with Crippen LogP contribution in [0, 0.1) is 11.8 Å². The van der Waals surface area contributed by atoms with Crippen LogP contribution in [0.25, 0.3) is 11.1 Å². The first kappa shape index (κ1) is 16.7. The van der Waals surface area contributed by atoms with Crippen LogP contribution < -0.4 is 5.32 Å². The number of amides is 1. The molecule has 3 rings (SSSR count). The van der Waals surface area contributed by atoms with Crippen molar-refractivity contribution in [3.63, 3.8) is 0 Å². The zero-order valence-electron chi connectivity index (χ0n) is 14.5. The van der Waals surface area contributed by atoms with Gasteiger partial charge in [0.2, 0.25) is 5.91 Å². The smallest absolute Gasteiger partial charge is 0.238 e. The van der Waals surface area contributed by atoms with Crippen LogP contribution in [-0.2, 0) is 4.79 Å². The molecule has 3 nitrogen and oxygen atoms in total. The Kier molecular flexibility index (Phi) is 5.31. The van der Waals surface area contributed by atoms with Gasteiger partial charge in [-0.1, -0.05) is 62.4 Å². The standard InChI is InChI=1S/C21H26N2O/c1-16-12-17(2)14-23(13-16)15-21(24)22-20-11-7-6-10-19(20)18-8-4-3-5-9-18/h3-11,16-17H,12-15H2,1-2H3,(H,22,24). The van der Waals surface area contributed by atoms with E-state index in [9.17, 15) is 4.79 Å². The molecule has 1 aliphatic rings. The van der Waals surface area contributed by atoms with Gasteiger partial charge in [0.1, 0.15) is 0 Å². The molecule has 2 aromatic carbocycles. The van der Waals surface area contributed by atoms with Gasteiger partial charge in [-0.2, -0.15) is 0 Å². The summed E-state index contributed by atoms with van der Waals surface area (Å²) in [5, 5.41) is 3.11. The fourth-order valence-corrected chi connectivity index (χ4v) is 3.78. The molecule has 1 saturated heterocycles. The Hall–Kier alpha value is -2.13. The summed E-state index contributed by atoms with van der Waals surface area (Å²) in [6.45, 7) is 7.03. The maximum absolute atomic E-state index is 12.5. The molecule has 1 heterocycles. The third kappa shape index (κ3) is 4.24. The topological polar surface area (TPSA) is 32.3 Å². The molecule has 1 aliphatic heterocycles. The number of nitrogens with one attached hydrogen (secondary N) is 1. The molecule has 0 bridgehead atoms. The van der Waals surface area contributed by atoms with Crippen molar-refractivity contribution in [2.75, 3.05) is 25.0 Å². The molecule has 0 saturated carbocycles. The van der Waals surface area contributed by atoms with Crippen molar-refractivity contribution in [1.29, 1.82) is 0 Å². The van der Waals surface area contributed by atoms with Gasteiger partial charge in [-0.15, -0.1) is 0 Å². The lowest BCUT2D eigenvalue weighted by atomic mass is 9.92. The van der Waals surface area contributed by atoms with Gasteiger partial charge in [-0.05, 0) is 29.9 Å². The van der Waals surface area contributed by atoms with Crippen molar-refractivity contribution in [3.8, 4) is 11.1 Å². The van der Waals surface area contributed by atoms with Crippen molar-refractivity contribution < 1.29 is 4.79 Å². The van der Waals surface area contributed by atoms with Gasteiger partial charge in [0, 0.05) is 24.3 Å². The molecule has 24 heavy (non-hydrogen) atoms. The molecule has 2 aromatic rings. The molecule has 0 aromatic heterocycles. The highest BCUT2D eigenvalue weighted by Gasteiger charge is 2.23. The summed E-state index contributed by atoms with van der Waals surface area (Å²) in [6.07, 6.45) is 1.26. The molecule has 0 aliphatic carbocycles. The minimum atomic E-state index is 0.0691. The molecule has 1 fully saturated rings. The third-order valence-corrected chi connectivity index (χ3v) is 4.60. The Bertz CT molecular complexity index is 673. The van der Waals surface area contributed by atoms with Crippen LogP contribution in [-0.4, -0.2) is 30.4 Å². The SMILES string of the molecule is CC1CC(C)CN(CC(=O)Nc2ccccc2-c2ccccc2)C1. The molecule has 3 heteroatoms. The molecule has 0 spiro atoms. The monoisotopic (exact) mass is 322 g/mol. The Morgan fingerprint density at radius 2 is 1.62 bits per heavy atom. The van der Waals surface area contributed by atoms with Crippen LogP contribution in [0.4, 0.5) is 5.69 Å². The van der Waals surface area contributed by atoms with Crippen LogP contribution in [0.15, 0.2) is 54.6 Å². The van der Waals surface area contributed by atoms with Crippen LogP contribution in [0.1, 0.15) is 20.3 Å². The second-order valence-electron chi connectivity index (χ2n) is 7.10. The number of benzene rings is 2. The number of para-hydroxylation sites is 1. The number of nitrogens with zero attached hydrogens (tertiary/aromatic N) is 1. The second kappa shape index (κ2) is 7.63. The first-order valence-electron chi connectivity index (χ1n) is 8.78. The van der Waals surface area contributed by atoms with E-state index in [4.69, 9.17) is 0 Å². The lowest BCUT2D eigenvalue weighted by Crippen LogP contribution is -2.42. The average molecular weight is 322 g/mol. The number of carbonyl (C=O) groups is 1. The Morgan fingerprint density at radius 1 is 1.00 bits per heavy atom. The molecule has 2 unspecified atom stereocenters. The van der Waals surface area contributed by atoms with E-state index in [1.165, 1.54) is 6.42 Å². The van der Waals surface area contributed by atoms with Gasteiger partial charge in [-0.3, -0.25) is 9.69 Å². The number of anilines is 1. The third-order valence-electron chi connectivity index (χ3n) is 4.60. The van der Waals surface area contributed by atoms with E-state index in [-0.39, 0.29) is 5.91 Å². The number of hydrogen-bond acceptors (Lipinski definition) is 2. The zero-order valence-corrected chi connectivity index (χ0v) is 14.5. The largest absolute Gasteiger partial charge is 0.324 e. The van der Waals surface area contributed by atoms with Crippen molar-refractivity contribution in [1.82, 2.24) is 4.90 Å². The number of likely N-dealkylation sites (tertiary alicyclic amines) is 1. The van der Waals surface area contributed by atoms with Gasteiger partial charge in [0.15, 0.2) is 0 Å². The van der Waals surface area contributed by atoms with Crippen molar-refractivity contribution in [2.24, 2.45) is 11.8 Å². The van der Waals surface area contributed by atoms with Gasteiger partial charge >= 0.3 is 0 Å². The van der Waals surface area contributed by atoms with Gasteiger partial charge in [0.25, 0.3) is 0 Å². The fourth-order valence-electron chi connectivity index (χ4n) is 3.78. The summed E-state index contributed by atoms with van der Waals surface area (Å²) >= 11 is 0. The van der Waals surface area contributed by atoms with Crippen LogP contribution >= 0.6 is 0 Å². The number of carbonyl (C=O) groups excluding carboxylic acids is 1. The lowest BCUT2D eigenvalue weighted by molar-refractivity contribution is -0.117. The Balaban J connectivity index is 1.69. The van der Waals surface area contributed by atoms with Crippen LogP contribution in [0.5, 0.6) is 0 Å². The normalized spacial score (nSPS) is 21.4. The highest BCUT2D eigenvalue weighted by molar-refractivity contribution is 5.96. The molecule has 1 N–H and O–H groups in total. The minimum absolute atomic E-state index is 0.0691. The Labute approximate surface area is 144 Å². The summed E-state index contributed by atoms with van der Waals surface area (Å²) < 4.78 is 0. The first-order valence-corrected chi connectivity index (χ1v) is 8.78. The summed E-state index contributed by atoms with van der Waals surface area (Å²) in [5.74, 6) is 1.40. The van der Waals surface area contributed by atoms with E-state index >= 15 is 0 Å². The molecular formula is C21H26N2O. The average Bonchev–Trinajstić information content (AvgIpc) is 2.55. The molecule has 2 atom stereocenters. The number of piperidine rings is 1. The van der Waals surface area contributed by atoms with E-state index in [1.807, 2.05) is 36.4 Å². The van der Waals surface area contributed by atoms with Crippen molar-refractivity contribution >= 4 is 11.6 Å². The van der Waals surface area contributed by atoms with E-state index in [2.05, 4.69) is 42.3 Å². The quantitative estimate of drug-likeness (QED) is 0.911. The van der Waals surface area contributed by atoms with E-state index in [0.717, 1.165) is 29.9 Å². The zero-order chi connectivity index (χ0) is 16.9. The maximum Gasteiger partial charge on any atom is 0.238 e. The predicted molar refractivity (Wildman–Crippen MR) is 99.9 cm³/mol. The van der Waals surface area contributed by atoms with Gasteiger partial charge in [0.05, 0.1) is 6.54 Å². The van der Waals surface area contributed by atoms with E-state index in [1.54, 1.807) is 0 Å². The molecular weight excluding hydrogens is 296 g/mol. The molecule has 126 valence electrons. The summed E-state index contributed by atoms with van der Waals surface area (Å²) in [5.41, 5.74) is 3.06. The fraction of sp³-hybridized carbons (Fsp3) is 0.381. The first-order chi connectivity index (χ1) is 11.6. The van der Waals surface area contributed by atoms with Crippen LogP contribution in [0.3, 0.4) is 0 Å². The minimum Gasteiger partial charge on any atom is -0.324 e. The van der Waals surface area contributed by atoms with E-state index in [0.29, 0.717) is 18.4 Å². The lowest BCUT2D eigenvalue weighted by Gasteiger charge is -2.34. The summed E-state index contributed by atoms with van der Waals surface area (Å²) in [6, 6.07) is 18.2. The van der Waals surface area contributed by atoms with Crippen molar-refractivity contribution in [3.05, 3.63) is 54.6 Å². The maximum atomic E-state index is 12.5. The molecule has 0 radical (unpaired) electrons. The predicted octanol–water partition coefficient (Wildman–Crippen LogP) is 4.27. The Morgan fingerprint density at radius 3 is 2.33 bits per heavy atom. The van der Waals surface area contributed by atoms with Crippen molar-refractivity contribution in [2.45, 2.75) is 20.3 Å². The van der Waals surface area contributed by atoms with Gasteiger partial charge < -0.3 is 5.32 Å². The second-order valence-corrected chi connectivity index (χ2v) is 7.10. The highest BCUT2D eigenvalue weighted by Crippen LogP contribution is 2.27. The number of hydrogen-bond donors (Lipinski definition) is 1. The van der Waals surface area contributed by atoms with E-state index < -0.39 is 0 Å².